The topological polar surface area (TPSA) is 72.6 Å². The third-order valence-electron chi connectivity index (χ3n) is 3.74. The van der Waals surface area contributed by atoms with Crippen molar-refractivity contribution in [3.05, 3.63) is 77.5 Å². The molecule has 3 aromatic rings. The fourth-order valence-corrected chi connectivity index (χ4v) is 4.16. The molecule has 136 valence electrons. The molecule has 0 radical (unpaired) electrons. The Morgan fingerprint density at radius 1 is 1.15 bits per heavy atom. The number of benzene rings is 1. The van der Waals surface area contributed by atoms with Crippen LogP contribution in [0.5, 0.6) is 5.75 Å². The van der Waals surface area contributed by atoms with Gasteiger partial charge in [0.05, 0.1) is 42.1 Å². The standard InChI is InChI=1S/C18H17ClN2O4S/c1-24-18-8-7-16(11-17(18)19)26(22,23)21(13-15-6-4-10-25-15)12-14-5-2-3-9-20-14/h2-11H,12-13H2,1H3. The summed E-state index contributed by atoms with van der Waals surface area (Å²) in [4.78, 5) is 4.29. The maximum Gasteiger partial charge on any atom is 0.243 e. The van der Waals surface area contributed by atoms with Crippen LogP contribution in [0.3, 0.4) is 0 Å². The van der Waals surface area contributed by atoms with Crippen molar-refractivity contribution in [2.24, 2.45) is 0 Å². The number of furan rings is 1. The molecule has 0 spiro atoms. The molecule has 0 N–H and O–H groups in total. The molecular formula is C18H17ClN2O4S. The molecule has 0 amide bonds. The van der Waals surface area contributed by atoms with E-state index in [-0.39, 0.29) is 23.0 Å². The van der Waals surface area contributed by atoms with Gasteiger partial charge in [-0.05, 0) is 42.5 Å². The van der Waals surface area contributed by atoms with Gasteiger partial charge in [0, 0.05) is 6.20 Å². The highest BCUT2D eigenvalue weighted by Crippen LogP contribution is 2.29. The van der Waals surface area contributed by atoms with Crippen molar-refractivity contribution >= 4 is 21.6 Å². The Hall–Kier alpha value is -2.35. The summed E-state index contributed by atoms with van der Waals surface area (Å²) in [6.45, 7) is 0.184. The molecule has 0 aliphatic heterocycles. The van der Waals surface area contributed by atoms with E-state index in [0.29, 0.717) is 17.2 Å². The lowest BCUT2D eigenvalue weighted by atomic mass is 10.3. The molecule has 0 bridgehead atoms. The maximum absolute atomic E-state index is 13.2. The van der Waals surface area contributed by atoms with Gasteiger partial charge in [0.1, 0.15) is 11.5 Å². The average molecular weight is 393 g/mol. The number of methoxy groups -OCH3 is 1. The number of nitrogens with zero attached hydrogens (tertiary/aromatic N) is 2. The fraction of sp³-hybridized carbons (Fsp3) is 0.167. The second-order valence-electron chi connectivity index (χ2n) is 5.47. The van der Waals surface area contributed by atoms with E-state index < -0.39 is 10.0 Å². The SMILES string of the molecule is COc1ccc(S(=O)(=O)N(Cc2ccccn2)Cc2ccco2)cc1Cl. The van der Waals surface area contributed by atoms with E-state index in [2.05, 4.69) is 4.98 Å². The largest absolute Gasteiger partial charge is 0.495 e. The first-order chi connectivity index (χ1) is 12.5. The van der Waals surface area contributed by atoms with Gasteiger partial charge in [-0.3, -0.25) is 4.98 Å². The van der Waals surface area contributed by atoms with Crippen molar-refractivity contribution in [1.82, 2.24) is 9.29 Å². The molecular weight excluding hydrogens is 376 g/mol. The highest BCUT2D eigenvalue weighted by molar-refractivity contribution is 7.89. The van der Waals surface area contributed by atoms with Gasteiger partial charge in [0.25, 0.3) is 0 Å². The van der Waals surface area contributed by atoms with E-state index >= 15 is 0 Å². The summed E-state index contributed by atoms with van der Waals surface area (Å²) in [7, 11) is -2.36. The first kappa shape index (κ1) is 18.4. The maximum atomic E-state index is 13.2. The normalized spacial score (nSPS) is 11.7. The van der Waals surface area contributed by atoms with Crippen LogP contribution in [0.4, 0.5) is 0 Å². The summed E-state index contributed by atoms with van der Waals surface area (Å²) >= 11 is 6.10. The molecule has 0 atom stereocenters. The lowest BCUT2D eigenvalue weighted by Gasteiger charge is -2.21. The van der Waals surface area contributed by atoms with E-state index in [4.69, 9.17) is 20.8 Å². The third kappa shape index (κ3) is 4.07. The molecule has 0 fully saturated rings. The zero-order chi connectivity index (χ0) is 18.6. The van der Waals surface area contributed by atoms with Gasteiger partial charge < -0.3 is 9.15 Å². The minimum Gasteiger partial charge on any atom is -0.495 e. The zero-order valence-corrected chi connectivity index (χ0v) is 15.6. The lowest BCUT2D eigenvalue weighted by Crippen LogP contribution is -2.30. The van der Waals surface area contributed by atoms with E-state index in [9.17, 15) is 8.42 Å². The van der Waals surface area contributed by atoms with Crippen molar-refractivity contribution in [2.75, 3.05) is 7.11 Å². The molecule has 0 aliphatic rings. The molecule has 2 heterocycles. The van der Waals surface area contributed by atoms with Crippen molar-refractivity contribution in [3.63, 3.8) is 0 Å². The monoisotopic (exact) mass is 392 g/mol. The van der Waals surface area contributed by atoms with Crippen molar-refractivity contribution in [2.45, 2.75) is 18.0 Å². The Labute approximate surface area is 157 Å². The first-order valence-corrected chi connectivity index (χ1v) is 9.58. The minimum absolute atomic E-state index is 0.0748. The van der Waals surface area contributed by atoms with Crippen LogP contribution in [0.15, 0.2) is 70.3 Å². The molecule has 1 aromatic carbocycles. The predicted molar refractivity (Wildman–Crippen MR) is 97.4 cm³/mol. The van der Waals surface area contributed by atoms with Crippen molar-refractivity contribution < 1.29 is 17.6 Å². The molecule has 2 aromatic heterocycles. The predicted octanol–water partition coefficient (Wildman–Crippen LogP) is 3.73. The van der Waals surface area contributed by atoms with Crippen molar-refractivity contribution in [1.29, 1.82) is 0 Å². The van der Waals surface area contributed by atoms with Gasteiger partial charge in [-0.1, -0.05) is 17.7 Å². The second-order valence-corrected chi connectivity index (χ2v) is 7.82. The highest BCUT2D eigenvalue weighted by atomic mass is 35.5. The average Bonchev–Trinajstić information content (AvgIpc) is 3.15. The van der Waals surface area contributed by atoms with Gasteiger partial charge >= 0.3 is 0 Å². The number of aromatic nitrogens is 1. The summed E-state index contributed by atoms with van der Waals surface area (Å²) < 4.78 is 38.1. The first-order valence-electron chi connectivity index (χ1n) is 7.76. The number of hydrogen-bond acceptors (Lipinski definition) is 5. The van der Waals surface area contributed by atoms with Crippen LogP contribution in [0.1, 0.15) is 11.5 Å². The highest BCUT2D eigenvalue weighted by Gasteiger charge is 2.27. The van der Waals surface area contributed by atoms with Crippen LogP contribution in [0.2, 0.25) is 5.02 Å². The minimum atomic E-state index is -3.83. The fourth-order valence-electron chi connectivity index (χ4n) is 2.43. The summed E-state index contributed by atoms with van der Waals surface area (Å²) in [6.07, 6.45) is 3.13. The van der Waals surface area contributed by atoms with Crippen LogP contribution in [0, 0.1) is 0 Å². The van der Waals surface area contributed by atoms with Crippen LogP contribution in [0.25, 0.3) is 0 Å². The van der Waals surface area contributed by atoms with Crippen LogP contribution in [-0.4, -0.2) is 24.8 Å². The van der Waals surface area contributed by atoms with Gasteiger partial charge in [-0.15, -0.1) is 0 Å². The Bertz CT molecular complexity index is 960. The summed E-state index contributed by atoms with van der Waals surface area (Å²) in [6, 6.07) is 13.2. The number of rotatable bonds is 7. The molecule has 0 saturated heterocycles. The Balaban J connectivity index is 1.97. The number of pyridine rings is 1. The zero-order valence-electron chi connectivity index (χ0n) is 14.0. The van der Waals surface area contributed by atoms with Crippen molar-refractivity contribution in [3.8, 4) is 5.75 Å². The molecule has 0 aliphatic carbocycles. The van der Waals surface area contributed by atoms with Gasteiger partial charge in [-0.2, -0.15) is 4.31 Å². The van der Waals surface area contributed by atoms with Crippen LogP contribution < -0.4 is 4.74 Å². The molecule has 0 unspecified atom stereocenters. The third-order valence-corrected chi connectivity index (χ3v) is 5.82. The molecule has 3 rings (SSSR count). The summed E-state index contributed by atoms with van der Waals surface area (Å²) in [5, 5.41) is 0.226. The Kier molecular flexibility index (Phi) is 5.61. The van der Waals surface area contributed by atoms with Gasteiger partial charge in [0.15, 0.2) is 0 Å². The molecule has 8 heteroatoms. The van der Waals surface area contributed by atoms with Gasteiger partial charge in [-0.25, -0.2) is 8.42 Å². The molecule has 0 saturated carbocycles. The van der Waals surface area contributed by atoms with E-state index in [1.54, 1.807) is 30.5 Å². The van der Waals surface area contributed by atoms with Gasteiger partial charge in [0.2, 0.25) is 10.0 Å². The van der Waals surface area contributed by atoms with Crippen LogP contribution in [-0.2, 0) is 23.1 Å². The summed E-state index contributed by atoms with van der Waals surface area (Å²) in [5.41, 5.74) is 0.627. The lowest BCUT2D eigenvalue weighted by molar-refractivity contribution is 0.355. The van der Waals surface area contributed by atoms with Crippen LogP contribution >= 0.6 is 11.6 Å². The Morgan fingerprint density at radius 2 is 2.00 bits per heavy atom. The number of hydrogen-bond donors (Lipinski definition) is 0. The van der Waals surface area contributed by atoms with E-state index in [0.717, 1.165) is 0 Å². The summed E-state index contributed by atoms with van der Waals surface area (Å²) in [5.74, 6) is 0.942. The smallest absolute Gasteiger partial charge is 0.243 e. The number of halogens is 1. The Morgan fingerprint density at radius 3 is 2.62 bits per heavy atom. The number of ether oxygens (including phenoxy) is 1. The van der Waals surface area contributed by atoms with E-state index in [1.807, 2.05) is 6.07 Å². The second kappa shape index (κ2) is 7.90. The number of sulfonamides is 1. The molecule has 6 nitrogen and oxygen atoms in total. The quantitative estimate of drug-likeness (QED) is 0.612. The van der Waals surface area contributed by atoms with E-state index in [1.165, 1.54) is 35.9 Å². The molecule has 26 heavy (non-hydrogen) atoms.